The predicted molar refractivity (Wildman–Crippen MR) is 74.6 cm³/mol. The molecule has 0 unspecified atom stereocenters. The smallest absolute Gasteiger partial charge is 0.194 e. The summed E-state index contributed by atoms with van der Waals surface area (Å²) in [5, 5.41) is 6.99. The van der Waals surface area contributed by atoms with Gasteiger partial charge in [-0.15, -0.1) is 11.8 Å². The van der Waals surface area contributed by atoms with Gasteiger partial charge in [0.1, 0.15) is 5.82 Å². The van der Waals surface area contributed by atoms with Crippen molar-refractivity contribution in [3.8, 4) is 0 Å². The number of nitrogens with zero attached hydrogens (tertiary/aromatic N) is 2. The van der Waals surface area contributed by atoms with E-state index >= 15 is 0 Å². The molecule has 0 atom stereocenters. The maximum absolute atomic E-state index is 5.07. The second-order valence-electron chi connectivity index (χ2n) is 3.92. The normalized spacial score (nSPS) is 10.7. The van der Waals surface area contributed by atoms with Crippen LogP contribution < -0.4 is 0 Å². The van der Waals surface area contributed by atoms with Crippen molar-refractivity contribution < 1.29 is 0 Å². The van der Waals surface area contributed by atoms with Crippen LogP contribution in [-0.4, -0.2) is 14.8 Å². The van der Waals surface area contributed by atoms with Gasteiger partial charge in [0.25, 0.3) is 0 Å². The Kier molecular flexibility index (Phi) is 4.02. The summed E-state index contributed by atoms with van der Waals surface area (Å²) in [6.07, 6.45) is 0. The molecule has 0 aliphatic carbocycles. The molecule has 2 aromatic rings. The molecule has 17 heavy (non-hydrogen) atoms. The third-order valence-corrected chi connectivity index (χ3v) is 4.06. The van der Waals surface area contributed by atoms with Gasteiger partial charge in [-0.2, -0.15) is 5.10 Å². The molecule has 1 N–H and O–H groups in total. The zero-order chi connectivity index (χ0) is 12.3. The van der Waals surface area contributed by atoms with Gasteiger partial charge in [0.2, 0.25) is 0 Å². The summed E-state index contributed by atoms with van der Waals surface area (Å²) in [6, 6.07) is 8.47. The van der Waals surface area contributed by atoms with E-state index in [0.717, 1.165) is 17.3 Å². The lowest BCUT2D eigenvalue weighted by Crippen LogP contribution is -1.96. The first-order valence-corrected chi connectivity index (χ1v) is 6.97. The minimum absolute atomic E-state index is 0.677. The van der Waals surface area contributed by atoms with E-state index in [4.69, 9.17) is 12.2 Å². The molecule has 1 aromatic heterocycles. The van der Waals surface area contributed by atoms with Gasteiger partial charge in [-0.05, 0) is 30.3 Å². The molecule has 0 aliphatic heterocycles. The summed E-state index contributed by atoms with van der Waals surface area (Å²) in [5.41, 5.74) is 2.73. The summed E-state index contributed by atoms with van der Waals surface area (Å²) in [6.45, 7) is 2.14. The van der Waals surface area contributed by atoms with Crippen LogP contribution in [0.1, 0.15) is 17.0 Å². The van der Waals surface area contributed by atoms with Crippen molar-refractivity contribution in [3.05, 3.63) is 46.0 Å². The number of rotatable bonds is 4. The largest absolute Gasteiger partial charge is 0.307 e. The molecule has 0 radical (unpaired) electrons. The second kappa shape index (κ2) is 5.51. The van der Waals surface area contributed by atoms with E-state index in [1.807, 2.05) is 23.4 Å². The quantitative estimate of drug-likeness (QED) is 0.862. The van der Waals surface area contributed by atoms with Crippen molar-refractivity contribution in [2.75, 3.05) is 0 Å². The van der Waals surface area contributed by atoms with E-state index in [1.54, 1.807) is 0 Å². The minimum atomic E-state index is 0.677. The van der Waals surface area contributed by atoms with Gasteiger partial charge in [0, 0.05) is 12.8 Å². The maximum atomic E-state index is 5.07. The topological polar surface area (TPSA) is 33.6 Å². The number of thioether (sulfide) groups is 1. The van der Waals surface area contributed by atoms with Crippen molar-refractivity contribution in [1.29, 1.82) is 0 Å². The van der Waals surface area contributed by atoms with Crippen LogP contribution in [0.3, 0.4) is 0 Å². The molecule has 3 nitrogen and oxygen atoms in total. The molecule has 0 fully saturated rings. The van der Waals surface area contributed by atoms with Gasteiger partial charge < -0.3 is 4.57 Å². The molecule has 1 aromatic carbocycles. The Labute approximate surface area is 110 Å². The summed E-state index contributed by atoms with van der Waals surface area (Å²) in [4.78, 5) is 0. The number of hydrogen-bond acceptors (Lipinski definition) is 3. The summed E-state index contributed by atoms with van der Waals surface area (Å²) < 4.78 is 2.59. The number of aryl methyl sites for hydroxylation is 1. The molecule has 0 amide bonds. The highest BCUT2D eigenvalue weighted by Gasteiger charge is 2.03. The molecule has 5 heteroatoms. The minimum Gasteiger partial charge on any atom is -0.307 e. The van der Waals surface area contributed by atoms with Crippen molar-refractivity contribution in [2.45, 2.75) is 18.4 Å². The Morgan fingerprint density at radius 2 is 2.12 bits per heavy atom. The van der Waals surface area contributed by atoms with E-state index < -0.39 is 0 Å². The highest BCUT2D eigenvalue weighted by molar-refractivity contribution is 7.97. The van der Waals surface area contributed by atoms with Crippen LogP contribution >= 0.6 is 24.0 Å². The van der Waals surface area contributed by atoms with E-state index in [2.05, 4.69) is 41.4 Å². The Bertz CT molecular complexity index is 557. The number of benzene rings is 1. The lowest BCUT2D eigenvalue weighted by atomic mass is 10.1. The predicted octanol–water partition coefficient (Wildman–Crippen LogP) is 3.22. The van der Waals surface area contributed by atoms with Crippen molar-refractivity contribution in [3.63, 3.8) is 0 Å². The van der Waals surface area contributed by atoms with Crippen LogP contribution in [0.25, 0.3) is 0 Å². The fourth-order valence-electron chi connectivity index (χ4n) is 1.53. The average Bonchev–Trinajstić information content (AvgIpc) is 2.63. The van der Waals surface area contributed by atoms with Crippen LogP contribution in [0.2, 0.25) is 0 Å². The molecule has 2 rings (SSSR count). The lowest BCUT2D eigenvalue weighted by Gasteiger charge is -2.04. The highest BCUT2D eigenvalue weighted by Crippen LogP contribution is 2.18. The first-order valence-electron chi connectivity index (χ1n) is 5.41. The standard InChI is InChI=1S/C12H15N3S2/c1-9-5-3-4-6-10(9)7-17-8-11-13-14-12(16)15(11)2/h3-6H,7-8H2,1-2H3,(H,14,16). The van der Waals surface area contributed by atoms with Crippen LogP contribution in [0, 0.1) is 11.7 Å². The first-order chi connectivity index (χ1) is 8.18. The molecule has 0 saturated heterocycles. The SMILES string of the molecule is Cc1ccccc1CSCc1n[nH]c(=S)n1C. The zero-order valence-corrected chi connectivity index (χ0v) is 11.6. The van der Waals surface area contributed by atoms with E-state index in [9.17, 15) is 0 Å². The van der Waals surface area contributed by atoms with Gasteiger partial charge in [0.15, 0.2) is 4.77 Å². The molecule has 1 heterocycles. The number of aromatic amines is 1. The number of hydrogen-bond donors (Lipinski definition) is 1. The molecular formula is C12H15N3S2. The van der Waals surface area contributed by atoms with Crippen LogP contribution in [-0.2, 0) is 18.6 Å². The monoisotopic (exact) mass is 265 g/mol. The Balaban J connectivity index is 1.94. The molecule has 0 bridgehead atoms. The van der Waals surface area contributed by atoms with Crippen molar-refractivity contribution in [1.82, 2.24) is 14.8 Å². The van der Waals surface area contributed by atoms with Gasteiger partial charge >= 0.3 is 0 Å². The van der Waals surface area contributed by atoms with Crippen LogP contribution in [0.4, 0.5) is 0 Å². The number of H-pyrrole nitrogens is 1. The fourth-order valence-corrected chi connectivity index (χ4v) is 2.77. The molecule has 0 spiro atoms. The van der Waals surface area contributed by atoms with Gasteiger partial charge in [0.05, 0.1) is 5.75 Å². The number of nitrogens with one attached hydrogen (secondary N) is 1. The van der Waals surface area contributed by atoms with Crippen molar-refractivity contribution in [2.24, 2.45) is 7.05 Å². The maximum Gasteiger partial charge on any atom is 0.194 e. The first kappa shape index (κ1) is 12.4. The lowest BCUT2D eigenvalue weighted by molar-refractivity contribution is 0.838. The van der Waals surface area contributed by atoms with Crippen LogP contribution in [0.5, 0.6) is 0 Å². The summed E-state index contributed by atoms with van der Waals surface area (Å²) in [7, 11) is 1.94. The van der Waals surface area contributed by atoms with Gasteiger partial charge in [-0.25, -0.2) is 0 Å². The summed E-state index contributed by atoms with van der Waals surface area (Å²) in [5.74, 6) is 2.87. The van der Waals surface area contributed by atoms with Gasteiger partial charge in [-0.1, -0.05) is 24.3 Å². The van der Waals surface area contributed by atoms with E-state index in [1.165, 1.54) is 11.1 Å². The number of aromatic nitrogens is 3. The molecule has 0 aliphatic rings. The molecule has 0 saturated carbocycles. The Morgan fingerprint density at radius 1 is 1.35 bits per heavy atom. The van der Waals surface area contributed by atoms with Crippen molar-refractivity contribution >= 4 is 24.0 Å². The van der Waals surface area contributed by atoms with E-state index in [-0.39, 0.29) is 0 Å². The Morgan fingerprint density at radius 3 is 2.76 bits per heavy atom. The average molecular weight is 265 g/mol. The molecular weight excluding hydrogens is 250 g/mol. The zero-order valence-electron chi connectivity index (χ0n) is 9.93. The third kappa shape index (κ3) is 2.98. The third-order valence-electron chi connectivity index (χ3n) is 2.72. The second-order valence-corrected chi connectivity index (χ2v) is 5.30. The van der Waals surface area contributed by atoms with Crippen LogP contribution in [0.15, 0.2) is 24.3 Å². The molecule has 90 valence electrons. The summed E-state index contributed by atoms with van der Waals surface area (Å²) >= 11 is 6.93. The van der Waals surface area contributed by atoms with Gasteiger partial charge in [-0.3, -0.25) is 5.10 Å². The fraction of sp³-hybridized carbons (Fsp3) is 0.333. The highest BCUT2D eigenvalue weighted by atomic mass is 32.2. The Hall–Kier alpha value is -1.07. The van der Waals surface area contributed by atoms with E-state index in [0.29, 0.717) is 4.77 Å².